The second kappa shape index (κ2) is 5.10. The summed E-state index contributed by atoms with van der Waals surface area (Å²) in [6, 6.07) is 12.2. The number of carbonyl (C=O) groups excluding carboxylic acids is 1. The Morgan fingerprint density at radius 2 is 1.83 bits per heavy atom. The predicted molar refractivity (Wildman–Crippen MR) is 75.0 cm³/mol. The SMILES string of the molecule is Cc1ccc(C(=O)Nc2ccc(Cl)cc2)cc1N. The highest BCUT2D eigenvalue weighted by molar-refractivity contribution is 6.30. The molecular weight excluding hydrogens is 248 g/mol. The maximum absolute atomic E-state index is 12.0. The van der Waals surface area contributed by atoms with Gasteiger partial charge in [0.25, 0.3) is 5.91 Å². The fourth-order valence-corrected chi connectivity index (χ4v) is 1.64. The quantitative estimate of drug-likeness (QED) is 0.812. The van der Waals surface area contributed by atoms with Crippen molar-refractivity contribution in [3.05, 3.63) is 58.6 Å². The summed E-state index contributed by atoms with van der Waals surface area (Å²) in [5.41, 5.74) is 8.57. The van der Waals surface area contributed by atoms with E-state index in [0.717, 1.165) is 5.56 Å². The van der Waals surface area contributed by atoms with Crippen LogP contribution in [0.5, 0.6) is 0 Å². The van der Waals surface area contributed by atoms with E-state index in [1.54, 1.807) is 36.4 Å². The van der Waals surface area contributed by atoms with Gasteiger partial charge < -0.3 is 11.1 Å². The molecule has 0 spiro atoms. The molecule has 0 saturated heterocycles. The van der Waals surface area contributed by atoms with Crippen molar-refractivity contribution >= 4 is 28.9 Å². The fraction of sp³-hybridized carbons (Fsp3) is 0.0714. The highest BCUT2D eigenvalue weighted by Gasteiger charge is 2.07. The van der Waals surface area contributed by atoms with Gasteiger partial charge in [-0.25, -0.2) is 0 Å². The zero-order chi connectivity index (χ0) is 13.1. The van der Waals surface area contributed by atoms with Gasteiger partial charge in [0.2, 0.25) is 0 Å². The standard InChI is InChI=1S/C14H13ClN2O/c1-9-2-3-10(8-13(9)16)14(18)17-12-6-4-11(15)5-7-12/h2-8H,16H2,1H3,(H,17,18). The van der Waals surface area contributed by atoms with Gasteiger partial charge in [0.1, 0.15) is 0 Å². The summed E-state index contributed by atoms with van der Waals surface area (Å²) in [5.74, 6) is -0.191. The first-order valence-corrected chi connectivity index (χ1v) is 5.87. The third-order valence-corrected chi connectivity index (χ3v) is 2.90. The minimum atomic E-state index is -0.191. The molecule has 0 heterocycles. The lowest BCUT2D eigenvalue weighted by Crippen LogP contribution is -2.12. The van der Waals surface area contributed by atoms with Gasteiger partial charge in [-0.2, -0.15) is 0 Å². The lowest BCUT2D eigenvalue weighted by molar-refractivity contribution is 0.102. The number of nitrogens with one attached hydrogen (secondary N) is 1. The first-order chi connectivity index (χ1) is 8.56. The lowest BCUT2D eigenvalue weighted by Gasteiger charge is -2.07. The van der Waals surface area contributed by atoms with E-state index >= 15 is 0 Å². The molecule has 0 aliphatic carbocycles. The number of benzene rings is 2. The highest BCUT2D eigenvalue weighted by atomic mass is 35.5. The summed E-state index contributed by atoms with van der Waals surface area (Å²) in [6.07, 6.45) is 0. The Morgan fingerprint density at radius 1 is 1.17 bits per heavy atom. The minimum absolute atomic E-state index is 0.191. The largest absolute Gasteiger partial charge is 0.398 e. The van der Waals surface area contributed by atoms with Crippen molar-refractivity contribution < 1.29 is 4.79 Å². The molecule has 0 bridgehead atoms. The zero-order valence-electron chi connectivity index (χ0n) is 9.91. The maximum atomic E-state index is 12.0. The molecular formula is C14H13ClN2O. The second-order valence-corrected chi connectivity index (χ2v) is 4.47. The summed E-state index contributed by atoms with van der Waals surface area (Å²) < 4.78 is 0. The van der Waals surface area contributed by atoms with Gasteiger partial charge in [-0.1, -0.05) is 17.7 Å². The number of halogens is 1. The molecule has 2 rings (SSSR count). The Kier molecular flexibility index (Phi) is 3.53. The van der Waals surface area contributed by atoms with E-state index in [1.807, 2.05) is 13.0 Å². The summed E-state index contributed by atoms with van der Waals surface area (Å²) in [7, 11) is 0. The van der Waals surface area contributed by atoms with Crippen LogP contribution in [0, 0.1) is 6.92 Å². The average Bonchev–Trinajstić information content (AvgIpc) is 2.35. The molecule has 0 aliphatic rings. The van der Waals surface area contributed by atoms with E-state index in [0.29, 0.717) is 22.0 Å². The predicted octanol–water partition coefficient (Wildman–Crippen LogP) is 3.48. The number of hydrogen-bond donors (Lipinski definition) is 2. The minimum Gasteiger partial charge on any atom is -0.398 e. The fourth-order valence-electron chi connectivity index (χ4n) is 1.52. The second-order valence-electron chi connectivity index (χ2n) is 4.03. The number of nitrogens with two attached hydrogens (primary N) is 1. The molecule has 3 N–H and O–H groups in total. The summed E-state index contributed by atoms with van der Waals surface area (Å²) in [4.78, 5) is 12.0. The first-order valence-electron chi connectivity index (χ1n) is 5.49. The molecule has 0 aromatic heterocycles. The van der Waals surface area contributed by atoms with Gasteiger partial charge in [-0.15, -0.1) is 0 Å². The Balaban J connectivity index is 2.16. The molecule has 92 valence electrons. The molecule has 0 fully saturated rings. The van der Waals surface area contributed by atoms with Crippen molar-refractivity contribution in [2.75, 3.05) is 11.1 Å². The Labute approximate surface area is 111 Å². The van der Waals surface area contributed by atoms with Crippen LogP contribution >= 0.6 is 11.6 Å². The van der Waals surface area contributed by atoms with Crippen LogP contribution in [0.3, 0.4) is 0 Å². The van der Waals surface area contributed by atoms with Crippen molar-refractivity contribution in [1.82, 2.24) is 0 Å². The van der Waals surface area contributed by atoms with Crippen LogP contribution in [0.25, 0.3) is 0 Å². The number of rotatable bonds is 2. The maximum Gasteiger partial charge on any atom is 0.255 e. The Morgan fingerprint density at radius 3 is 2.44 bits per heavy atom. The molecule has 0 atom stereocenters. The molecule has 4 heteroatoms. The lowest BCUT2D eigenvalue weighted by atomic mass is 10.1. The van der Waals surface area contributed by atoms with E-state index in [1.165, 1.54) is 0 Å². The van der Waals surface area contributed by atoms with E-state index < -0.39 is 0 Å². The van der Waals surface area contributed by atoms with Gasteiger partial charge in [-0.3, -0.25) is 4.79 Å². The van der Waals surface area contributed by atoms with Crippen LogP contribution in [0.4, 0.5) is 11.4 Å². The van der Waals surface area contributed by atoms with Crippen LogP contribution < -0.4 is 11.1 Å². The van der Waals surface area contributed by atoms with Crippen LogP contribution in [0.2, 0.25) is 5.02 Å². The molecule has 0 saturated carbocycles. The van der Waals surface area contributed by atoms with E-state index in [9.17, 15) is 4.79 Å². The monoisotopic (exact) mass is 260 g/mol. The van der Waals surface area contributed by atoms with Crippen LogP contribution in [-0.2, 0) is 0 Å². The molecule has 0 aliphatic heterocycles. The summed E-state index contributed by atoms with van der Waals surface area (Å²) in [6.45, 7) is 1.90. The van der Waals surface area contributed by atoms with E-state index in [2.05, 4.69) is 5.32 Å². The molecule has 1 amide bonds. The van der Waals surface area contributed by atoms with Gasteiger partial charge in [0, 0.05) is 22.0 Å². The van der Waals surface area contributed by atoms with E-state index in [-0.39, 0.29) is 5.91 Å². The van der Waals surface area contributed by atoms with Gasteiger partial charge in [0.05, 0.1) is 0 Å². The first kappa shape index (κ1) is 12.5. The van der Waals surface area contributed by atoms with Crippen molar-refractivity contribution in [1.29, 1.82) is 0 Å². The molecule has 0 unspecified atom stereocenters. The van der Waals surface area contributed by atoms with Crippen LogP contribution in [0.15, 0.2) is 42.5 Å². The van der Waals surface area contributed by atoms with Crippen molar-refractivity contribution in [3.63, 3.8) is 0 Å². The molecule has 2 aromatic rings. The highest BCUT2D eigenvalue weighted by Crippen LogP contribution is 2.16. The Hall–Kier alpha value is -2.00. The van der Waals surface area contributed by atoms with Gasteiger partial charge >= 0.3 is 0 Å². The molecule has 0 radical (unpaired) electrons. The topological polar surface area (TPSA) is 55.1 Å². The molecule has 18 heavy (non-hydrogen) atoms. The van der Waals surface area contributed by atoms with Crippen LogP contribution in [0.1, 0.15) is 15.9 Å². The van der Waals surface area contributed by atoms with Crippen molar-refractivity contribution in [2.24, 2.45) is 0 Å². The third kappa shape index (κ3) is 2.81. The van der Waals surface area contributed by atoms with Crippen molar-refractivity contribution in [3.8, 4) is 0 Å². The zero-order valence-corrected chi connectivity index (χ0v) is 10.7. The van der Waals surface area contributed by atoms with Crippen LogP contribution in [-0.4, -0.2) is 5.91 Å². The molecule has 2 aromatic carbocycles. The summed E-state index contributed by atoms with van der Waals surface area (Å²) in [5, 5.41) is 3.41. The smallest absolute Gasteiger partial charge is 0.255 e. The number of anilines is 2. The third-order valence-electron chi connectivity index (χ3n) is 2.64. The Bertz CT molecular complexity index is 579. The molecule has 3 nitrogen and oxygen atoms in total. The van der Waals surface area contributed by atoms with Gasteiger partial charge in [-0.05, 0) is 48.9 Å². The average molecular weight is 261 g/mol. The number of carbonyl (C=O) groups is 1. The number of aryl methyl sites for hydroxylation is 1. The number of hydrogen-bond acceptors (Lipinski definition) is 2. The number of nitrogen functional groups attached to an aromatic ring is 1. The normalized spacial score (nSPS) is 10.1. The van der Waals surface area contributed by atoms with E-state index in [4.69, 9.17) is 17.3 Å². The summed E-state index contributed by atoms with van der Waals surface area (Å²) >= 11 is 5.77. The number of amides is 1. The van der Waals surface area contributed by atoms with Crippen molar-refractivity contribution in [2.45, 2.75) is 6.92 Å². The van der Waals surface area contributed by atoms with Gasteiger partial charge in [0.15, 0.2) is 0 Å².